The number of rotatable bonds is 7. The molecule has 0 aromatic heterocycles. The lowest BCUT2D eigenvalue weighted by Crippen LogP contribution is -2.60. The first kappa shape index (κ1) is 48.3. The second-order valence-electron chi connectivity index (χ2n) is 19.5. The lowest BCUT2D eigenvalue weighted by Gasteiger charge is -2.49. The molecule has 14 nitrogen and oxygen atoms in total. The molecule has 62 heavy (non-hydrogen) atoms. The Labute approximate surface area is 369 Å². The van der Waals surface area contributed by atoms with Gasteiger partial charge in [0.25, 0.3) is 5.91 Å². The third-order valence-corrected chi connectivity index (χ3v) is 14.2. The summed E-state index contributed by atoms with van der Waals surface area (Å²) in [6.07, 6.45) is -3.44. The number of anilines is 2. The Hall–Kier alpha value is -3.18. The number of hydrogen-bond acceptors (Lipinski definition) is 13. The molecule has 1 amide bonds. The molecule has 0 radical (unpaired) electrons. The molecular formula is C48H74N4O10. The van der Waals surface area contributed by atoms with Crippen LogP contribution in [0.15, 0.2) is 54.6 Å². The van der Waals surface area contributed by atoms with Crippen LogP contribution in [-0.4, -0.2) is 150 Å². The number of carbonyl (C=O) groups is 2. The zero-order valence-electron chi connectivity index (χ0n) is 38.8. The number of cyclic esters (lactones) is 1. The number of amides is 1. The van der Waals surface area contributed by atoms with Gasteiger partial charge in [0, 0.05) is 67.4 Å². The molecule has 4 aliphatic rings. The lowest BCUT2D eigenvalue weighted by molar-refractivity contribution is -0.328. The number of nitrogens with one attached hydrogen (secondary N) is 1. The van der Waals surface area contributed by atoms with Crippen LogP contribution in [0.2, 0.25) is 0 Å². The lowest BCUT2D eigenvalue weighted by atomic mass is 9.78. The van der Waals surface area contributed by atoms with Crippen molar-refractivity contribution in [3.63, 3.8) is 0 Å². The highest BCUT2D eigenvalue weighted by Crippen LogP contribution is 2.48. The molecule has 0 aliphatic carbocycles. The van der Waals surface area contributed by atoms with E-state index in [1.807, 2.05) is 101 Å². The van der Waals surface area contributed by atoms with Crippen molar-refractivity contribution < 1.29 is 48.6 Å². The summed E-state index contributed by atoms with van der Waals surface area (Å²) in [7, 11) is 5.81. The number of aliphatic hydroxyl groups excluding tert-OH is 2. The van der Waals surface area contributed by atoms with Crippen molar-refractivity contribution in [3.05, 3.63) is 60.2 Å². The van der Waals surface area contributed by atoms with Gasteiger partial charge in [0.05, 0.1) is 29.8 Å². The van der Waals surface area contributed by atoms with Gasteiger partial charge in [-0.3, -0.25) is 9.59 Å². The minimum Gasteiger partial charge on any atom is -0.459 e. The molecule has 4 fully saturated rings. The second-order valence-corrected chi connectivity index (χ2v) is 19.5. The Morgan fingerprint density at radius 2 is 1.63 bits per heavy atom. The van der Waals surface area contributed by atoms with Crippen LogP contribution in [-0.2, 0) is 28.5 Å². The van der Waals surface area contributed by atoms with Gasteiger partial charge in [-0.15, -0.1) is 0 Å². The fourth-order valence-corrected chi connectivity index (χ4v) is 10.6. The summed E-state index contributed by atoms with van der Waals surface area (Å²) < 4.78 is 34.4. The van der Waals surface area contributed by atoms with Crippen molar-refractivity contribution in [2.75, 3.05) is 51.0 Å². The second kappa shape index (κ2) is 19.5. The van der Waals surface area contributed by atoms with Crippen LogP contribution in [0.4, 0.5) is 11.4 Å². The van der Waals surface area contributed by atoms with Crippen LogP contribution in [0.25, 0.3) is 0 Å². The SMILES string of the molecule is CC[C@H]1OC(=O)[C@H](C)[C@H]2OC3(CCN(c4ccc(NC(=O)c5ccccc5)cc4)CC3)O[C@](C)(C[C@@H](C)CN(C)[C@H](C)[C@@H](O)[C@]1(C)O)[C@H](O[C@@H]1O[C@H](C)CC(N(C)C)[C@H]1O)[C@H]2C. The Morgan fingerprint density at radius 3 is 2.24 bits per heavy atom. The highest BCUT2D eigenvalue weighted by Gasteiger charge is 2.58. The van der Waals surface area contributed by atoms with Gasteiger partial charge in [-0.2, -0.15) is 0 Å². The maximum absolute atomic E-state index is 14.4. The summed E-state index contributed by atoms with van der Waals surface area (Å²) in [6, 6.07) is 16.2. The van der Waals surface area contributed by atoms with E-state index < -0.39 is 77.6 Å². The first-order valence-corrected chi connectivity index (χ1v) is 22.7. The van der Waals surface area contributed by atoms with Crippen LogP contribution in [0.1, 0.15) is 97.9 Å². The fraction of sp³-hybridized carbons (Fsp3) is 0.708. The first-order chi connectivity index (χ1) is 29.2. The summed E-state index contributed by atoms with van der Waals surface area (Å²) in [5, 5.41) is 38.2. The maximum Gasteiger partial charge on any atom is 0.311 e. The van der Waals surface area contributed by atoms with E-state index in [1.165, 1.54) is 0 Å². The minimum atomic E-state index is -1.74. The zero-order valence-corrected chi connectivity index (χ0v) is 38.8. The average molecular weight is 867 g/mol. The van der Waals surface area contributed by atoms with Crippen LogP contribution in [0, 0.1) is 17.8 Å². The molecule has 14 atom stereocenters. The van der Waals surface area contributed by atoms with Gasteiger partial charge in [-0.1, -0.05) is 39.0 Å². The van der Waals surface area contributed by atoms with Crippen molar-refractivity contribution in [2.45, 2.75) is 159 Å². The third kappa shape index (κ3) is 10.3. The van der Waals surface area contributed by atoms with E-state index >= 15 is 0 Å². The minimum absolute atomic E-state index is 0.00876. The monoisotopic (exact) mass is 867 g/mol. The van der Waals surface area contributed by atoms with Gasteiger partial charge < -0.3 is 59.0 Å². The topological polar surface area (TPSA) is 163 Å². The molecule has 1 spiro atoms. The quantitative estimate of drug-likeness (QED) is 0.266. The van der Waals surface area contributed by atoms with Crippen LogP contribution >= 0.6 is 0 Å². The molecule has 1 unspecified atom stereocenters. The number of esters is 1. The van der Waals surface area contributed by atoms with E-state index in [1.54, 1.807) is 26.0 Å². The van der Waals surface area contributed by atoms with E-state index in [4.69, 9.17) is 23.7 Å². The normalized spacial score (nSPS) is 38.8. The Balaban J connectivity index is 1.35. The number of hydrogen-bond donors (Lipinski definition) is 4. The molecule has 4 N–H and O–H groups in total. The summed E-state index contributed by atoms with van der Waals surface area (Å²) in [4.78, 5) is 33.6. The number of carbonyl (C=O) groups excluding carboxylic acids is 2. The smallest absolute Gasteiger partial charge is 0.311 e. The molecule has 2 bridgehead atoms. The zero-order chi connectivity index (χ0) is 45.3. The van der Waals surface area contributed by atoms with Crippen molar-refractivity contribution in [2.24, 2.45) is 17.8 Å². The van der Waals surface area contributed by atoms with Crippen molar-refractivity contribution in [3.8, 4) is 0 Å². The Bertz CT molecular complexity index is 1790. The van der Waals surface area contributed by atoms with E-state index in [9.17, 15) is 24.9 Å². The van der Waals surface area contributed by atoms with Crippen molar-refractivity contribution in [1.29, 1.82) is 0 Å². The summed E-state index contributed by atoms with van der Waals surface area (Å²) in [5.74, 6) is -3.19. The molecule has 2 aromatic carbocycles. The molecular weight excluding hydrogens is 793 g/mol. The van der Waals surface area contributed by atoms with Crippen molar-refractivity contribution >= 4 is 23.3 Å². The predicted octanol–water partition coefficient (Wildman–Crippen LogP) is 5.29. The molecule has 4 aliphatic heterocycles. The van der Waals surface area contributed by atoms with Crippen LogP contribution < -0.4 is 10.2 Å². The van der Waals surface area contributed by atoms with E-state index in [-0.39, 0.29) is 30.4 Å². The van der Waals surface area contributed by atoms with Crippen LogP contribution in [0.3, 0.4) is 0 Å². The Morgan fingerprint density at radius 1 is 0.984 bits per heavy atom. The Kier molecular flexibility index (Phi) is 15.2. The molecule has 4 heterocycles. The third-order valence-electron chi connectivity index (χ3n) is 14.2. The molecule has 6 rings (SSSR count). The number of ether oxygens (including phenoxy) is 5. The van der Waals surface area contributed by atoms with Gasteiger partial charge in [0.2, 0.25) is 0 Å². The standard InChI is InChI=1S/C48H74N4O10/c1-12-38-47(8,57)41(54)33(6)51(11)28-29(2)27-46(7)42(60-45-39(53)37(50(9)10)26-30(3)58-45)31(4)40(32(5)44(56)59-38)61-48(62-46)22-24-52(25-23-48)36-20-18-35(19-21-36)49-43(55)34-16-14-13-15-17-34/h13-21,29-33,37-42,45,53-54,57H,12,22-28H2,1-11H3,(H,49,55)/t29-,30-,31+,32-,33-,37?,38-,39-,40+,41-,42-,45+,46-,47-/m1/s1. The van der Waals surface area contributed by atoms with Gasteiger partial charge in [0.1, 0.15) is 23.9 Å². The van der Waals surface area contributed by atoms with E-state index in [0.29, 0.717) is 56.6 Å². The number of aliphatic hydroxyl groups is 3. The van der Waals surface area contributed by atoms with Gasteiger partial charge in [-0.05, 0) is 117 Å². The van der Waals surface area contributed by atoms with Crippen molar-refractivity contribution in [1.82, 2.24) is 9.80 Å². The fourth-order valence-electron chi connectivity index (χ4n) is 10.6. The molecule has 2 aromatic rings. The first-order valence-electron chi connectivity index (χ1n) is 22.7. The average Bonchev–Trinajstić information content (AvgIpc) is 3.31. The predicted molar refractivity (Wildman–Crippen MR) is 238 cm³/mol. The number of benzene rings is 2. The summed E-state index contributed by atoms with van der Waals surface area (Å²) in [6.45, 7) is 17.0. The number of fused-ring (bicyclic) bond motifs is 3. The summed E-state index contributed by atoms with van der Waals surface area (Å²) in [5.41, 5.74) is -0.488. The van der Waals surface area contributed by atoms with E-state index in [2.05, 4.69) is 24.1 Å². The molecule has 4 saturated heterocycles. The van der Waals surface area contributed by atoms with Gasteiger partial charge >= 0.3 is 5.97 Å². The number of piperidine rings is 1. The van der Waals surface area contributed by atoms with Gasteiger partial charge in [-0.25, -0.2) is 0 Å². The molecule has 14 heteroatoms. The van der Waals surface area contributed by atoms with Crippen LogP contribution in [0.5, 0.6) is 0 Å². The molecule has 346 valence electrons. The van der Waals surface area contributed by atoms with Gasteiger partial charge in [0.15, 0.2) is 12.1 Å². The highest BCUT2D eigenvalue weighted by molar-refractivity contribution is 6.04. The number of nitrogens with zero attached hydrogens (tertiary/aromatic N) is 3. The largest absolute Gasteiger partial charge is 0.459 e. The summed E-state index contributed by atoms with van der Waals surface area (Å²) >= 11 is 0. The molecule has 0 saturated carbocycles. The maximum atomic E-state index is 14.4. The van der Waals surface area contributed by atoms with E-state index in [0.717, 1.165) is 5.69 Å². The number of likely N-dealkylation sites (N-methyl/N-ethyl adjacent to an activating group) is 2. The highest BCUT2D eigenvalue weighted by atomic mass is 16.7.